The summed E-state index contributed by atoms with van der Waals surface area (Å²) in [6.07, 6.45) is 9.08. The van der Waals surface area contributed by atoms with Crippen molar-refractivity contribution in [3.05, 3.63) is 36.7 Å². The normalized spacial score (nSPS) is 16.5. The molecule has 0 aromatic carbocycles. The van der Waals surface area contributed by atoms with Gasteiger partial charge in [-0.2, -0.15) is 0 Å². The number of hydrogen-bond donors (Lipinski definition) is 1. The van der Waals surface area contributed by atoms with Gasteiger partial charge in [0.1, 0.15) is 5.82 Å². The van der Waals surface area contributed by atoms with Crippen LogP contribution in [0.2, 0.25) is 0 Å². The van der Waals surface area contributed by atoms with E-state index in [-0.39, 0.29) is 11.9 Å². The van der Waals surface area contributed by atoms with E-state index in [1.54, 1.807) is 18.6 Å². The van der Waals surface area contributed by atoms with Gasteiger partial charge in [-0.3, -0.25) is 9.69 Å². The van der Waals surface area contributed by atoms with Gasteiger partial charge in [-0.15, -0.1) is 0 Å². The van der Waals surface area contributed by atoms with Crippen molar-refractivity contribution in [1.29, 1.82) is 0 Å². The molecule has 1 N–H and O–H groups in total. The van der Waals surface area contributed by atoms with Crippen LogP contribution >= 0.6 is 0 Å². The number of anilines is 1. The predicted octanol–water partition coefficient (Wildman–Crippen LogP) is 0.990. The zero-order chi connectivity index (χ0) is 18.4. The SMILES string of the molecule is CCCC(NC(=O)CN1CCN(c2ncccn2)CC1)c1nccn1C. The number of aromatic nitrogens is 4. The molecule has 0 saturated carbocycles. The Hall–Kier alpha value is -2.48. The molecule has 0 bridgehead atoms. The summed E-state index contributed by atoms with van der Waals surface area (Å²) in [5.74, 6) is 1.72. The van der Waals surface area contributed by atoms with Crippen molar-refractivity contribution in [2.24, 2.45) is 7.05 Å². The molecule has 0 aliphatic carbocycles. The molecular weight excluding hydrogens is 330 g/mol. The molecule has 0 spiro atoms. The van der Waals surface area contributed by atoms with Gasteiger partial charge in [0, 0.05) is 58.0 Å². The number of amides is 1. The summed E-state index contributed by atoms with van der Waals surface area (Å²) in [7, 11) is 1.96. The van der Waals surface area contributed by atoms with E-state index in [1.165, 1.54) is 0 Å². The molecule has 2 aromatic heterocycles. The molecule has 1 fully saturated rings. The van der Waals surface area contributed by atoms with Crippen LogP contribution in [0, 0.1) is 0 Å². The Labute approximate surface area is 154 Å². The first-order chi connectivity index (χ1) is 12.7. The summed E-state index contributed by atoms with van der Waals surface area (Å²) in [6.45, 7) is 5.84. The molecule has 26 heavy (non-hydrogen) atoms. The molecule has 140 valence electrons. The number of carbonyl (C=O) groups is 1. The fourth-order valence-corrected chi connectivity index (χ4v) is 3.27. The van der Waals surface area contributed by atoms with E-state index in [4.69, 9.17) is 0 Å². The van der Waals surface area contributed by atoms with Crippen molar-refractivity contribution in [2.45, 2.75) is 25.8 Å². The van der Waals surface area contributed by atoms with E-state index in [1.807, 2.05) is 23.9 Å². The zero-order valence-electron chi connectivity index (χ0n) is 15.5. The minimum atomic E-state index is -0.0356. The summed E-state index contributed by atoms with van der Waals surface area (Å²) in [5.41, 5.74) is 0. The van der Waals surface area contributed by atoms with E-state index >= 15 is 0 Å². The predicted molar refractivity (Wildman–Crippen MR) is 99.7 cm³/mol. The lowest BCUT2D eigenvalue weighted by Gasteiger charge is -2.34. The smallest absolute Gasteiger partial charge is 0.234 e. The first kappa shape index (κ1) is 18.3. The largest absolute Gasteiger partial charge is 0.345 e. The van der Waals surface area contributed by atoms with Crippen LogP contribution in [0.4, 0.5) is 5.95 Å². The Balaban J connectivity index is 1.50. The lowest BCUT2D eigenvalue weighted by atomic mass is 10.1. The van der Waals surface area contributed by atoms with Crippen molar-refractivity contribution in [3.8, 4) is 0 Å². The second-order valence-corrected chi connectivity index (χ2v) is 6.62. The minimum Gasteiger partial charge on any atom is -0.345 e. The van der Waals surface area contributed by atoms with Gasteiger partial charge in [-0.25, -0.2) is 15.0 Å². The van der Waals surface area contributed by atoms with Gasteiger partial charge in [0.15, 0.2) is 0 Å². The number of nitrogens with zero attached hydrogens (tertiary/aromatic N) is 6. The number of rotatable bonds is 7. The van der Waals surface area contributed by atoms with Crippen molar-refractivity contribution in [1.82, 2.24) is 29.7 Å². The molecule has 3 rings (SSSR count). The molecule has 2 aromatic rings. The van der Waals surface area contributed by atoms with Crippen LogP contribution in [-0.4, -0.2) is 63.0 Å². The van der Waals surface area contributed by atoms with Crippen molar-refractivity contribution >= 4 is 11.9 Å². The molecule has 1 unspecified atom stereocenters. The van der Waals surface area contributed by atoms with Gasteiger partial charge in [0.25, 0.3) is 0 Å². The van der Waals surface area contributed by atoms with Crippen LogP contribution < -0.4 is 10.2 Å². The second-order valence-electron chi connectivity index (χ2n) is 6.62. The molecule has 1 aliphatic heterocycles. The number of aryl methyl sites for hydroxylation is 1. The van der Waals surface area contributed by atoms with Gasteiger partial charge < -0.3 is 14.8 Å². The maximum absolute atomic E-state index is 12.5. The first-order valence-electron chi connectivity index (χ1n) is 9.18. The summed E-state index contributed by atoms with van der Waals surface area (Å²) in [5, 5.41) is 3.15. The maximum Gasteiger partial charge on any atom is 0.234 e. The van der Waals surface area contributed by atoms with Crippen LogP contribution in [0.15, 0.2) is 30.9 Å². The number of nitrogens with one attached hydrogen (secondary N) is 1. The fraction of sp³-hybridized carbons (Fsp3) is 0.556. The average molecular weight is 357 g/mol. The highest BCUT2D eigenvalue weighted by molar-refractivity contribution is 5.78. The molecule has 0 radical (unpaired) electrons. The van der Waals surface area contributed by atoms with E-state index in [2.05, 4.69) is 37.0 Å². The number of carbonyl (C=O) groups excluding carboxylic acids is 1. The third kappa shape index (κ3) is 4.57. The highest BCUT2D eigenvalue weighted by Gasteiger charge is 2.23. The second kappa shape index (κ2) is 8.75. The van der Waals surface area contributed by atoms with Crippen LogP contribution in [0.25, 0.3) is 0 Å². The number of hydrogen-bond acceptors (Lipinski definition) is 6. The van der Waals surface area contributed by atoms with Gasteiger partial charge in [-0.1, -0.05) is 13.3 Å². The monoisotopic (exact) mass is 357 g/mol. The molecule has 1 atom stereocenters. The summed E-state index contributed by atoms with van der Waals surface area (Å²) < 4.78 is 1.97. The molecule has 1 aliphatic rings. The zero-order valence-corrected chi connectivity index (χ0v) is 15.5. The summed E-state index contributed by atoms with van der Waals surface area (Å²) in [4.78, 5) is 29.8. The van der Waals surface area contributed by atoms with E-state index in [0.29, 0.717) is 6.54 Å². The molecule has 8 nitrogen and oxygen atoms in total. The summed E-state index contributed by atoms with van der Waals surface area (Å²) >= 11 is 0. The quantitative estimate of drug-likeness (QED) is 0.796. The number of piperazine rings is 1. The van der Waals surface area contributed by atoms with Gasteiger partial charge >= 0.3 is 0 Å². The Morgan fingerprint density at radius 3 is 2.50 bits per heavy atom. The molecule has 3 heterocycles. The molecule has 8 heteroatoms. The maximum atomic E-state index is 12.5. The van der Waals surface area contributed by atoms with Crippen molar-refractivity contribution < 1.29 is 4.79 Å². The third-order valence-electron chi connectivity index (χ3n) is 4.66. The standard InChI is InChI=1S/C18H27N7O/c1-3-5-15(17-19-8-9-23(17)2)22-16(26)14-24-10-12-25(13-11-24)18-20-6-4-7-21-18/h4,6-9,15H,3,5,10-14H2,1-2H3,(H,22,26). The van der Waals surface area contributed by atoms with E-state index < -0.39 is 0 Å². The molecule has 1 saturated heterocycles. The van der Waals surface area contributed by atoms with Gasteiger partial charge in [0.05, 0.1) is 12.6 Å². The Morgan fingerprint density at radius 1 is 1.15 bits per heavy atom. The fourth-order valence-electron chi connectivity index (χ4n) is 3.27. The third-order valence-corrected chi connectivity index (χ3v) is 4.66. The lowest BCUT2D eigenvalue weighted by Crippen LogP contribution is -2.50. The van der Waals surface area contributed by atoms with E-state index in [9.17, 15) is 4.79 Å². The van der Waals surface area contributed by atoms with Crippen molar-refractivity contribution in [2.75, 3.05) is 37.6 Å². The van der Waals surface area contributed by atoms with Crippen LogP contribution in [0.3, 0.4) is 0 Å². The van der Waals surface area contributed by atoms with Crippen LogP contribution in [-0.2, 0) is 11.8 Å². The minimum absolute atomic E-state index is 0.0356. The van der Waals surface area contributed by atoms with Crippen LogP contribution in [0.5, 0.6) is 0 Å². The number of imidazole rings is 1. The van der Waals surface area contributed by atoms with Crippen molar-refractivity contribution in [3.63, 3.8) is 0 Å². The lowest BCUT2D eigenvalue weighted by molar-refractivity contribution is -0.123. The highest BCUT2D eigenvalue weighted by atomic mass is 16.2. The Bertz CT molecular complexity index is 695. The van der Waals surface area contributed by atoms with E-state index in [0.717, 1.165) is 50.8 Å². The molecule has 1 amide bonds. The average Bonchev–Trinajstić information content (AvgIpc) is 3.08. The molecular formula is C18H27N7O. The summed E-state index contributed by atoms with van der Waals surface area (Å²) in [6, 6.07) is 1.78. The van der Waals surface area contributed by atoms with Crippen LogP contribution in [0.1, 0.15) is 31.6 Å². The Morgan fingerprint density at radius 2 is 1.88 bits per heavy atom. The Kier molecular flexibility index (Phi) is 6.17. The van der Waals surface area contributed by atoms with Gasteiger partial charge in [0.2, 0.25) is 11.9 Å². The topological polar surface area (TPSA) is 79.2 Å². The van der Waals surface area contributed by atoms with Gasteiger partial charge in [-0.05, 0) is 12.5 Å². The highest BCUT2D eigenvalue weighted by Crippen LogP contribution is 2.16. The first-order valence-corrected chi connectivity index (χ1v) is 9.18.